The molecule has 0 bridgehead atoms. The maximum atomic E-state index is 10.1. The SMILES string of the molecule is C/C=C\CCCC(=O)O.CCCCCC(C)(O)/C=C/C1CCC[C@H]1O. The van der Waals surface area contributed by atoms with Crippen molar-refractivity contribution < 1.29 is 20.1 Å². The number of unbranched alkanes of at least 4 members (excludes halogenated alkanes) is 3. The molecule has 4 heteroatoms. The summed E-state index contributed by atoms with van der Waals surface area (Å²) in [5, 5.41) is 28.0. The van der Waals surface area contributed by atoms with E-state index in [1.165, 1.54) is 12.8 Å². The van der Waals surface area contributed by atoms with Gasteiger partial charge in [-0.3, -0.25) is 4.79 Å². The number of aliphatic hydroxyl groups is 2. The number of carboxylic acids is 1. The summed E-state index contributed by atoms with van der Waals surface area (Å²) >= 11 is 0. The molecule has 0 spiro atoms. The molecule has 0 amide bonds. The first-order valence-corrected chi connectivity index (χ1v) is 9.75. The average molecular weight is 355 g/mol. The summed E-state index contributed by atoms with van der Waals surface area (Å²) in [6.07, 6.45) is 16.9. The smallest absolute Gasteiger partial charge is 0.303 e. The van der Waals surface area contributed by atoms with Crippen LogP contribution in [0.5, 0.6) is 0 Å². The highest BCUT2D eigenvalue weighted by Crippen LogP contribution is 2.28. The van der Waals surface area contributed by atoms with Gasteiger partial charge in [-0.05, 0) is 46.0 Å². The molecule has 1 saturated carbocycles. The Hall–Kier alpha value is -1.13. The second-order valence-corrected chi connectivity index (χ2v) is 7.19. The second-order valence-electron chi connectivity index (χ2n) is 7.19. The van der Waals surface area contributed by atoms with Crippen molar-refractivity contribution in [2.75, 3.05) is 0 Å². The Balaban J connectivity index is 0.000000547. The van der Waals surface area contributed by atoms with E-state index in [1.807, 2.05) is 38.2 Å². The van der Waals surface area contributed by atoms with Gasteiger partial charge in [-0.1, -0.05) is 56.9 Å². The summed E-state index contributed by atoms with van der Waals surface area (Å²) in [5.74, 6) is -0.447. The van der Waals surface area contributed by atoms with Crippen molar-refractivity contribution in [1.29, 1.82) is 0 Å². The summed E-state index contributed by atoms with van der Waals surface area (Å²) < 4.78 is 0. The molecule has 0 saturated heterocycles. The highest BCUT2D eigenvalue weighted by Gasteiger charge is 2.24. The average Bonchev–Trinajstić information content (AvgIpc) is 2.96. The Labute approximate surface area is 153 Å². The quantitative estimate of drug-likeness (QED) is 0.387. The zero-order valence-corrected chi connectivity index (χ0v) is 16.3. The van der Waals surface area contributed by atoms with Crippen molar-refractivity contribution in [2.24, 2.45) is 5.92 Å². The van der Waals surface area contributed by atoms with E-state index in [4.69, 9.17) is 5.11 Å². The number of carboxylic acid groups (broad SMARTS) is 1. The third-order valence-electron chi connectivity index (χ3n) is 4.52. The number of aliphatic carboxylic acids is 1. The molecule has 146 valence electrons. The molecule has 0 heterocycles. The molecule has 0 radical (unpaired) electrons. The van der Waals surface area contributed by atoms with E-state index >= 15 is 0 Å². The molecule has 2 unspecified atom stereocenters. The number of hydrogen-bond donors (Lipinski definition) is 3. The maximum Gasteiger partial charge on any atom is 0.303 e. The van der Waals surface area contributed by atoms with E-state index in [1.54, 1.807) is 0 Å². The van der Waals surface area contributed by atoms with E-state index in [0.717, 1.165) is 44.9 Å². The Bertz CT molecular complexity index is 399. The first-order chi connectivity index (χ1) is 11.8. The summed E-state index contributed by atoms with van der Waals surface area (Å²) in [7, 11) is 0. The zero-order valence-electron chi connectivity index (χ0n) is 16.3. The Morgan fingerprint density at radius 3 is 2.48 bits per heavy atom. The molecule has 3 N–H and O–H groups in total. The van der Waals surface area contributed by atoms with Crippen LogP contribution in [-0.4, -0.2) is 33.0 Å². The number of hydrogen-bond acceptors (Lipinski definition) is 3. The van der Waals surface area contributed by atoms with Crippen LogP contribution < -0.4 is 0 Å². The number of rotatable bonds is 10. The Morgan fingerprint density at radius 2 is 1.96 bits per heavy atom. The van der Waals surface area contributed by atoms with E-state index in [2.05, 4.69) is 6.92 Å². The van der Waals surface area contributed by atoms with Gasteiger partial charge in [0.25, 0.3) is 0 Å². The van der Waals surface area contributed by atoms with Crippen molar-refractivity contribution in [3.8, 4) is 0 Å². The van der Waals surface area contributed by atoms with Crippen molar-refractivity contribution in [3.05, 3.63) is 24.3 Å². The van der Waals surface area contributed by atoms with Gasteiger partial charge < -0.3 is 15.3 Å². The molecule has 0 aromatic heterocycles. The molecule has 25 heavy (non-hydrogen) atoms. The highest BCUT2D eigenvalue weighted by molar-refractivity contribution is 5.66. The number of carbonyl (C=O) groups is 1. The number of aliphatic hydroxyl groups excluding tert-OH is 1. The van der Waals surface area contributed by atoms with Crippen LogP contribution in [0.1, 0.15) is 85.0 Å². The molecule has 0 aliphatic heterocycles. The molecular weight excluding hydrogens is 316 g/mol. The van der Waals surface area contributed by atoms with Gasteiger partial charge >= 0.3 is 5.97 Å². The van der Waals surface area contributed by atoms with Crippen molar-refractivity contribution in [2.45, 2.75) is 96.7 Å². The first-order valence-electron chi connectivity index (χ1n) is 9.75. The minimum atomic E-state index is -0.709. The van der Waals surface area contributed by atoms with Crippen LogP contribution in [-0.2, 0) is 4.79 Å². The minimum absolute atomic E-state index is 0.192. The van der Waals surface area contributed by atoms with Crippen LogP contribution in [0.4, 0.5) is 0 Å². The van der Waals surface area contributed by atoms with Crippen LogP contribution in [0, 0.1) is 5.92 Å². The van der Waals surface area contributed by atoms with Gasteiger partial charge in [0.2, 0.25) is 0 Å². The van der Waals surface area contributed by atoms with E-state index in [0.29, 0.717) is 0 Å². The fourth-order valence-electron chi connectivity index (χ4n) is 2.88. The van der Waals surface area contributed by atoms with Crippen LogP contribution in [0.2, 0.25) is 0 Å². The third-order valence-corrected chi connectivity index (χ3v) is 4.52. The summed E-state index contributed by atoms with van der Waals surface area (Å²) in [6.45, 7) is 5.96. The van der Waals surface area contributed by atoms with E-state index in [9.17, 15) is 15.0 Å². The van der Waals surface area contributed by atoms with Crippen LogP contribution in [0.15, 0.2) is 24.3 Å². The molecule has 3 atom stereocenters. The topological polar surface area (TPSA) is 77.8 Å². The Kier molecular flexibility index (Phi) is 13.4. The van der Waals surface area contributed by atoms with Crippen molar-refractivity contribution in [1.82, 2.24) is 0 Å². The van der Waals surface area contributed by atoms with Gasteiger partial charge in [-0.2, -0.15) is 0 Å². The van der Waals surface area contributed by atoms with E-state index in [-0.39, 0.29) is 18.4 Å². The molecule has 4 nitrogen and oxygen atoms in total. The van der Waals surface area contributed by atoms with Gasteiger partial charge in [0, 0.05) is 12.3 Å². The van der Waals surface area contributed by atoms with Crippen molar-refractivity contribution >= 4 is 5.97 Å². The lowest BCUT2D eigenvalue weighted by molar-refractivity contribution is -0.137. The fourth-order valence-corrected chi connectivity index (χ4v) is 2.88. The van der Waals surface area contributed by atoms with Crippen molar-refractivity contribution in [3.63, 3.8) is 0 Å². The van der Waals surface area contributed by atoms with Crippen LogP contribution in [0.3, 0.4) is 0 Å². The summed E-state index contributed by atoms with van der Waals surface area (Å²) in [4.78, 5) is 9.94. The lowest BCUT2D eigenvalue weighted by Crippen LogP contribution is -2.21. The highest BCUT2D eigenvalue weighted by atomic mass is 16.4. The minimum Gasteiger partial charge on any atom is -0.481 e. The second kappa shape index (κ2) is 14.1. The molecule has 0 aromatic rings. The zero-order chi connectivity index (χ0) is 19.1. The lowest BCUT2D eigenvalue weighted by Gasteiger charge is -2.20. The van der Waals surface area contributed by atoms with Gasteiger partial charge in [-0.15, -0.1) is 0 Å². The van der Waals surface area contributed by atoms with Gasteiger partial charge in [-0.25, -0.2) is 0 Å². The maximum absolute atomic E-state index is 10.1. The Morgan fingerprint density at radius 1 is 1.24 bits per heavy atom. The summed E-state index contributed by atoms with van der Waals surface area (Å²) in [5.41, 5.74) is -0.697. The van der Waals surface area contributed by atoms with E-state index < -0.39 is 11.6 Å². The fraction of sp³-hybridized carbons (Fsp3) is 0.762. The predicted octanol–water partition coefficient (Wildman–Crippen LogP) is 4.85. The van der Waals surface area contributed by atoms with Crippen LogP contribution >= 0.6 is 0 Å². The third kappa shape index (κ3) is 13.8. The van der Waals surface area contributed by atoms with Gasteiger partial charge in [0.1, 0.15) is 0 Å². The molecule has 0 aromatic carbocycles. The normalized spacial score (nSPS) is 22.8. The molecule has 1 fully saturated rings. The largest absolute Gasteiger partial charge is 0.481 e. The number of allylic oxidation sites excluding steroid dienone is 2. The molecular formula is C21H38O4. The van der Waals surface area contributed by atoms with Crippen LogP contribution in [0.25, 0.3) is 0 Å². The molecule has 1 rings (SSSR count). The standard InChI is InChI=1S/C14H26O2.C7H12O2/c1-3-4-5-10-14(2,16)11-9-12-7-6-8-13(12)15;1-2-3-4-5-6-7(8)9/h9,11-13,15-16H,3-8,10H2,1-2H3;2-3H,4-6H2,1H3,(H,8,9)/b11-9+;3-2-/t12?,13-,14?;/m1./s1. The molecule has 1 aliphatic carbocycles. The summed E-state index contributed by atoms with van der Waals surface area (Å²) in [6, 6.07) is 0. The predicted molar refractivity (Wildman–Crippen MR) is 104 cm³/mol. The first kappa shape index (κ1) is 23.9. The molecule has 1 aliphatic rings. The van der Waals surface area contributed by atoms with Gasteiger partial charge in [0.15, 0.2) is 0 Å². The lowest BCUT2D eigenvalue weighted by atomic mass is 9.95. The monoisotopic (exact) mass is 354 g/mol. The van der Waals surface area contributed by atoms with Gasteiger partial charge in [0.05, 0.1) is 11.7 Å².